The zero-order valence-corrected chi connectivity index (χ0v) is 16.5. The number of benzene rings is 2. The summed E-state index contributed by atoms with van der Waals surface area (Å²) in [5.41, 5.74) is 3.46. The van der Waals surface area contributed by atoms with Gasteiger partial charge in [0, 0.05) is 35.7 Å². The summed E-state index contributed by atoms with van der Waals surface area (Å²) in [6.45, 7) is 5.10. The molecule has 3 nitrogen and oxygen atoms in total. The number of halogens is 2. The first kappa shape index (κ1) is 19.2. The molecule has 5 heteroatoms. The standard InChI is InChI=1S/C21H24Cl2N2O/c1-15-3-2-4-16(11-15)14-25-9-7-19(8-10-25)24-21(26)12-17-5-6-18(22)13-20(17)23/h2-6,11,13,19H,7-10,12,14H2,1H3,(H,24,26). The maximum Gasteiger partial charge on any atom is 0.224 e. The maximum absolute atomic E-state index is 12.3. The number of piperidine rings is 1. The van der Waals surface area contributed by atoms with Crippen LogP contribution in [0.15, 0.2) is 42.5 Å². The summed E-state index contributed by atoms with van der Waals surface area (Å²) in [5, 5.41) is 4.27. The molecule has 0 spiro atoms. The Labute approximate surface area is 165 Å². The lowest BCUT2D eigenvalue weighted by Crippen LogP contribution is -2.44. The molecule has 26 heavy (non-hydrogen) atoms. The van der Waals surface area contributed by atoms with Crippen LogP contribution in [0, 0.1) is 6.92 Å². The number of hydrogen-bond acceptors (Lipinski definition) is 2. The summed E-state index contributed by atoms with van der Waals surface area (Å²) >= 11 is 12.1. The summed E-state index contributed by atoms with van der Waals surface area (Å²) in [6, 6.07) is 14.1. The Morgan fingerprint density at radius 2 is 1.92 bits per heavy atom. The molecule has 2 aromatic carbocycles. The monoisotopic (exact) mass is 390 g/mol. The molecule has 2 aromatic rings. The zero-order chi connectivity index (χ0) is 18.5. The van der Waals surface area contributed by atoms with Crippen LogP contribution < -0.4 is 5.32 Å². The van der Waals surface area contributed by atoms with Gasteiger partial charge in [0.1, 0.15) is 0 Å². The van der Waals surface area contributed by atoms with Gasteiger partial charge < -0.3 is 5.32 Å². The highest BCUT2D eigenvalue weighted by molar-refractivity contribution is 6.35. The van der Waals surface area contributed by atoms with Crippen LogP contribution in [0.4, 0.5) is 0 Å². The number of nitrogens with zero attached hydrogens (tertiary/aromatic N) is 1. The van der Waals surface area contributed by atoms with Crippen LogP contribution in [-0.4, -0.2) is 29.9 Å². The van der Waals surface area contributed by atoms with E-state index in [0.717, 1.165) is 38.0 Å². The second kappa shape index (κ2) is 8.90. The molecule has 1 aliphatic heterocycles. The first-order valence-electron chi connectivity index (χ1n) is 9.01. The average Bonchev–Trinajstić information content (AvgIpc) is 2.59. The Morgan fingerprint density at radius 1 is 1.15 bits per heavy atom. The highest BCUT2D eigenvalue weighted by atomic mass is 35.5. The third-order valence-electron chi connectivity index (χ3n) is 4.81. The molecular formula is C21H24Cl2N2O. The van der Waals surface area contributed by atoms with E-state index in [1.54, 1.807) is 12.1 Å². The van der Waals surface area contributed by atoms with Crippen molar-refractivity contribution in [3.8, 4) is 0 Å². The smallest absolute Gasteiger partial charge is 0.224 e. The van der Waals surface area contributed by atoms with Gasteiger partial charge in [-0.15, -0.1) is 0 Å². The number of carbonyl (C=O) groups is 1. The number of rotatable bonds is 5. The quantitative estimate of drug-likeness (QED) is 0.807. The van der Waals surface area contributed by atoms with E-state index in [1.807, 2.05) is 6.07 Å². The fraction of sp³-hybridized carbons (Fsp3) is 0.381. The summed E-state index contributed by atoms with van der Waals surface area (Å²) in [6.07, 6.45) is 2.25. The summed E-state index contributed by atoms with van der Waals surface area (Å²) in [5.74, 6) is 0.0198. The molecule has 1 N–H and O–H groups in total. The van der Waals surface area contributed by atoms with Gasteiger partial charge in [0.05, 0.1) is 6.42 Å². The molecule has 0 atom stereocenters. The average molecular weight is 391 g/mol. The van der Waals surface area contributed by atoms with Crippen LogP contribution in [0.3, 0.4) is 0 Å². The topological polar surface area (TPSA) is 32.3 Å². The summed E-state index contributed by atoms with van der Waals surface area (Å²) in [7, 11) is 0. The maximum atomic E-state index is 12.3. The van der Waals surface area contributed by atoms with Crippen molar-refractivity contribution in [3.05, 3.63) is 69.2 Å². The van der Waals surface area contributed by atoms with Gasteiger partial charge in [-0.2, -0.15) is 0 Å². The lowest BCUT2D eigenvalue weighted by atomic mass is 10.0. The molecule has 0 saturated carbocycles. The van der Waals surface area contributed by atoms with Gasteiger partial charge in [0.2, 0.25) is 5.91 Å². The third-order valence-corrected chi connectivity index (χ3v) is 5.39. The predicted octanol–water partition coefficient (Wildman–Crippen LogP) is 4.63. The van der Waals surface area contributed by atoms with Gasteiger partial charge >= 0.3 is 0 Å². The Bertz CT molecular complexity index is 770. The molecule has 0 aromatic heterocycles. The van der Waals surface area contributed by atoms with E-state index in [9.17, 15) is 4.79 Å². The number of nitrogens with one attached hydrogen (secondary N) is 1. The Kier molecular flexibility index (Phi) is 6.58. The lowest BCUT2D eigenvalue weighted by Gasteiger charge is -2.32. The molecule has 0 aliphatic carbocycles. The van der Waals surface area contributed by atoms with Crippen LogP contribution in [0.5, 0.6) is 0 Å². The normalized spacial score (nSPS) is 15.8. The van der Waals surface area contributed by atoms with Gasteiger partial charge in [-0.1, -0.05) is 59.1 Å². The van der Waals surface area contributed by atoms with Crippen LogP contribution in [0.25, 0.3) is 0 Å². The van der Waals surface area contributed by atoms with Crippen LogP contribution in [0.1, 0.15) is 29.5 Å². The van der Waals surface area contributed by atoms with Gasteiger partial charge in [0.25, 0.3) is 0 Å². The second-order valence-corrected chi connectivity index (χ2v) is 7.86. The zero-order valence-electron chi connectivity index (χ0n) is 15.0. The van der Waals surface area contributed by atoms with Gasteiger partial charge in [0.15, 0.2) is 0 Å². The highest BCUT2D eigenvalue weighted by Crippen LogP contribution is 2.21. The molecule has 0 unspecified atom stereocenters. The highest BCUT2D eigenvalue weighted by Gasteiger charge is 2.21. The van der Waals surface area contributed by atoms with Gasteiger partial charge in [-0.3, -0.25) is 9.69 Å². The minimum absolute atomic E-state index is 0.0198. The van der Waals surface area contributed by atoms with E-state index >= 15 is 0 Å². The van der Waals surface area contributed by atoms with Gasteiger partial charge in [-0.05, 0) is 43.0 Å². The van der Waals surface area contributed by atoms with E-state index in [2.05, 4.69) is 41.4 Å². The van der Waals surface area contributed by atoms with Crippen LogP contribution in [-0.2, 0) is 17.8 Å². The first-order valence-corrected chi connectivity index (χ1v) is 9.76. The molecule has 1 amide bonds. The van der Waals surface area contributed by atoms with Crippen molar-refractivity contribution in [2.75, 3.05) is 13.1 Å². The van der Waals surface area contributed by atoms with E-state index in [0.29, 0.717) is 16.5 Å². The largest absolute Gasteiger partial charge is 0.353 e. The van der Waals surface area contributed by atoms with Crippen molar-refractivity contribution in [1.29, 1.82) is 0 Å². The summed E-state index contributed by atoms with van der Waals surface area (Å²) in [4.78, 5) is 14.8. The van der Waals surface area contributed by atoms with Crippen LogP contribution in [0.2, 0.25) is 10.0 Å². The molecule has 3 rings (SSSR count). The van der Waals surface area contributed by atoms with E-state index in [-0.39, 0.29) is 11.9 Å². The number of carbonyl (C=O) groups excluding carboxylic acids is 1. The fourth-order valence-electron chi connectivity index (χ4n) is 3.42. The summed E-state index contributed by atoms with van der Waals surface area (Å²) < 4.78 is 0. The SMILES string of the molecule is Cc1cccc(CN2CCC(NC(=O)Cc3ccc(Cl)cc3Cl)CC2)c1. The van der Waals surface area contributed by atoms with Crippen molar-refractivity contribution < 1.29 is 4.79 Å². The molecule has 1 aliphatic rings. The molecule has 0 radical (unpaired) electrons. The first-order chi connectivity index (χ1) is 12.5. The number of hydrogen-bond donors (Lipinski definition) is 1. The Hall–Kier alpha value is -1.55. The Balaban J connectivity index is 1.45. The number of aryl methyl sites for hydroxylation is 1. The molecule has 1 fully saturated rings. The van der Waals surface area contributed by atoms with E-state index in [1.165, 1.54) is 11.1 Å². The van der Waals surface area contributed by atoms with Crippen molar-refractivity contribution >= 4 is 29.1 Å². The Morgan fingerprint density at radius 3 is 2.62 bits per heavy atom. The van der Waals surface area contributed by atoms with Crippen LogP contribution >= 0.6 is 23.2 Å². The minimum Gasteiger partial charge on any atom is -0.353 e. The van der Waals surface area contributed by atoms with Crippen molar-refractivity contribution in [2.24, 2.45) is 0 Å². The van der Waals surface area contributed by atoms with Crippen molar-refractivity contribution in [1.82, 2.24) is 10.2 Å². The lowest BCUT2D eigenvalue weighted by molar-refractivity contribution is -0.121. The van der Waals surface area contributed by atoms with E-state index in [4.69, 9.17) is 23.2 Å². The van der Waals surface area contributed by atoms with Crippen molar-refractivity contribution in [2.45, 2.75) is 38.8 Å². The molecular weight excluding hydrogens is 367 g/mol. The molecule has 1 saturated heterocycles. The predicted molar refractivity (Wildman–Crippen MR) is 108 cm³/mol. The fourth-order valence-corrected chi connectivity index (χ4v) is 3.90. The van der Waals surface area contributed by atoms with E-state index < -0.39 is 0 Å². The minimum atomic E-state index is 0.0198. The number of likely N-dealkylation sites (tertiary alicyclic amines) is 1. The molecule has 1 heterocycles. The second-order valence-electron chi connectivity index (χ2n) is 7.02. The number of amides is 1. The molecule has 138 valence electrons. The van der Waals surface area contributed by atoms with Crippen molar-refractivity contribution in [3.63, 3.8) is 0 Å². The molecule has 0 bridgehead atoms. The van der Waals surface area contributed by atoms with Gasteiger partial charge in [-0.25, -0.2) is 0 Å². The third kappa shape index (κ3) is 5.47.